The minimum Gasteiger partial charge on any atom is -0.497 e. The number of fused-ring (bicyclic) bond motifs is 1. The lowest BCUT2D eigenvalue weighted by molar-refractivity contribution is 0.0933. The summed E-state index contributed by atoms with van der Waals surface area (Å²) in [4.78, 5) is 13.1. The first kappa shape index (κ1) is 20.8. The quantitative estimate of drug-likeness (QED) is 0.595. The van der Waals surface area contributed by atoms with Gasteiger partial charge in [-0.2, -0.15) is 0 Å². The molecule has 1 aliphatic heterocycles. The fourth-order valence-corrected chi connectivity index (χ4v) is 3.81. The number of hydrogen-bond acceptors (Lipinski definition) is 4. The van der Waals surface area contributed by atoms with Crippen molar-refractivity contribution in [1.29, 1.82) is 0 Å². The van der Waals surface area contributed by atoms with Crippen molar-refractivity contribution in [3.8, 4) is 17.2 Å². The summed E-state index contributed by atoms with van der Waals surface area (Å²) in [5.74, 6) is 2.10. The van der Waals surface area contributed by atoms with Gasteiger partial charge in [0.1, 0.15) is 19.0 Å². The van der Waals surface area contributed by atoms with Gasteiger partial charge in [0.05, 0.1) is 13.2 Å². The molecule has 1 amide bonds. The second-order valence-electron chi connectivity index (χ2n) is 7.63. The van der Waals surface area contributed by atoms with Crippen LogP contribution in [0.5, 0.6) is 17.2 Å². The Morgan fingerprint density at radius 2 is 1.77 bits per heavy atom. The van der Waals surface area contributed by atoms with Crippen molar-refractivity contribution < 1.29 is 19.0 Å². The van der Waals surface area contributed by atoms with Crippen LogP contribution in [0.25, 0.3) is 0 Å². The lowest BCUT2D eigenvalue weighted by atomic mass is 9.97. The van der Waals surface area contributed by atoms with E-state index in [2.05, 4.69) is 17.4 Å². The van der Waals surface area contributed by atoms with Crippen LogP contribution in [0.4, 0.5) is 0 Å². The summed E-state index contributed by atoms with van der Waals surface area (Å²) in [5, 5.41) is 3.23. The molecule has 1 N–H and O–H groups in total. The second-order valence-corrected chi connectivity index (χ2v) is 7.63. The first-order chi connectivity index (χ1) is 15.1. The highest BCUT2D eigenvalue weighted by atomic mass is 16.6. The summed E-state index contributed by atoms with van der Waals surface area (Å²) in [5.41, 5.74) is 3.75. The molecule has 4 rings (SSSR count). The van der Waals surface area contributed by atoms with Crippen molar-refractivity contribution in [3.63, 3.8) is 0 Å². The molecule has 0 aliphatic carbocycles. The lowest BCUT2D eigenvalue weighted by Gasteiger charge is -2.23. The van der Waals surface area contributed by atoms with E-state index in [4.69, 9.17) is 14.2 Å². The number of benzene rings is 3. The number of amides is 1. The third-order valence-corrected chi connectivity index (χ3v) is 5.52. The van der Waals surface area contributed by atoms with E-state index in [1.54, 1.807) is 7.11 Å². The Morgan fingerprint density at radius 1 is 1.00 bits per heavy atom. The van der Waals surface area contributed by atoms with E-state index in [0.717, 1.165) is 41.2 Å². The number of ether oxygens (including phenoxy) is 3. The molecule has 1 heterocycles. The summed E-state index contributed by atoms with van der Waals surface area (Å²) in [6.45, 7) is 3.00. The fourth-order valence-electron chi connectivity index (χ4n) is 3.81. The average Bonchev–Trinajstić information content (AvgIpc) is 2.81. The molecular weight excluding hydrogens is 390 g/mol. The molecule has 0 aromatic heterocycles. The zero-order valence-electron chi connectivity index (χ0n) is 17.9. The van der Waals surface area contributed by atoms with Crippen molar-refractivity contribution in [3.05, 3.63) is 89.0 Å². The van der Waals surface area contributed by atoms with Crippen LogP contribution in [0.15, 0.2) is 66.7 Å². The van der Waals surface area contributed by atoms with E-state index in [-0.39, 0.29) is 11.9 Å². The third-order valence-electron chi connectivity index (χ3n) is 5.52. The second kappa shape index (κ2) is 9.56. The molecule has 0 fully saturated rings. The van der Waals surface area contributed by atoms with Gasteiger partial charge in [0, 0.05) is 5.56 Å². The highest BCUT2D eigenvalue weighted by molar-refractivity contribution is 5.96. The average molecular weight is 418 g/mol. The Labute approximate surface area is 183 Å². The zero-order chi connectivity index (χ0) is 21.6. The van der Waals surface area contributed by atoms with E-state index >= 15 is 0 Å². The van der Waals surface area contributed by atoms with Gasteiger partial charge in [-0.3, -0.25) is 4.79 Å². The summed E-state index contributed by atoms with van der Waals surface area (Å²) in [7, 11) is 1.62. The molecule has 0 bridgehead atoms. The van der Waals surface area contributed by atoms with Gasteiger partial charge >= 0.3 is 0 Å². The molecule has 5 nitrogen and oxygen atoms in total. The summed E-state index contributed by atoms with van der Waals surface area (Å²) in [6, 6.07) is 21.5. The number of methoxy groups -OCH3 is 1. The predicted octanol–water partition coefficient (Wildman–Crippen LogP) is 4.88. The van der Waals surface area contributed by atoms with Gasteiger partial charge in [0.25, 0.3) is 5.91 Å². The summed E-state index contributed by atoms with van der Waals surface area (Å²) in [6.07, 6.45) is 1.62. The van der Waals surface area contributed by atoms with Crippen molar-refractivity contribution in [1.82, 2.24) is 5.32 Å². The number of hydrogen-bond donors (Lipinski definition) is 1. The SMILES string of the molecule is COc1ccc(C(=O)NC(CCc2ccccc2)c2ccc3c(c2)OCCO3)c(C)c1. The molecule has 31 heavy (non-hydrogen) atoms. The minimum atomic E-state index is -0.162. The zero-order valence-corrected chi connectivity index (χ0v) is 17.9. The predicted molar refractivity (Wildman–Crippen MR) is 120 cm³/mol. The van der Waals surface area contributed by atoms with Crippen LogP contribution in [-0.4, -0.2) is 26.2 Å². The van der Waals surface area contributed by atoms with Crippen molar-refractivity contribution in [2.75, 3.05) is 20.3 Å². The monoisotopic (exact) mass is 417 g/mol. The third kappa shape index (κ3) is 5.00. The van der Waals surface area contributed by atoms with Crippen molar-refractivity contribution >= 4 is 5.91 Å². The van der Waals surface area contributed by atoms with E-state index in [1.807, 2.05) is 61.5 Å². The van der Waals surface area contributed by atoms with E-state index in [1.165, 1.54) is 5.56 Å². The highest BCUT2D eigenvalue weighted by Crippen LogP contribution is 2.34. The van der Waals surface area contributed by atoms with E-state index in [0.29, 0.717) is 18.8 Å². The maximum absolute atomic E-state index is 13.1. The van der Waals surface area contributed by atoms with Gasteiger partial charge < -0.3 is 19.5 Å². The molecule has 1 atom stereocenters. The van der Waals surface area contributed by atoms with Gasteiger partial charge in [0.2, 0.25) is 0 Å². The molecule has 5 heteroatoms. The number of nitrogens with one attached hydrogen (secondary N) is 1. The molecular formula is C26H27NO4. The molecule has 0 radical (unpaired) electrons. The molecule has 0 saturated carbocycles. The normalized spacial score (nSPS) is 13.4. The Kier molecular flexibility index (Phi) is 6.41. The molecule has 1 aliphatic rings. The number of carbonyl (C=O) groups excluding carboxylic acids is 1. The molecule has 0 saturated heterocycles. The maximum Gasteiger partial charge on any atom is 0.252 e. The van der Waals surface area contributed by atoms with Crippen molar-refractivity contribution in [2.24, 2.45) is 0 Å². The topological polar surface area (TPSA) is 56.8 Å². The van der Waals surface area contributed by atoms with E-state index < -0.39 is 0 Å². The standard InChI is InChI=1S/C26H27NO4/c1-18-16-21(29-2)10-11-22(18)26(28)27-23(12-8-19-6-4-3-5-7-19)20-9-13-24-25(17-20)31-15-14-30-24/h3-7,9-11,13,16-17,23H,8,12,14-15H2,1-2H3,(H,27,28). The summed E-state index contributed by atoms with van der Waals surface area (Å²) >= 11 is 0. The van der Waals surface area contributed by atoms with Crippen LogP contribution in [0.3, 0.4) is 0 Å². The van der Waals surface area contributed by atoms with Crippen LogP contribution in [0.1, 0.15) is 39.5 Å². The van der Waals surface area contributed by atoms with Gasteiger partial charge in [-0.1, -0.05) is 36.4 Å². The smallest absolute Gasteiger partial charge is 0.252 e. The van der Waals surface area contributed by atoms with Gasteiger partial charge in [0.15, 0.2) is 11.5 Å². The number of aryl methyl sites for hydroxylation is 2. The van der Waals surface area contributed by atoms with Crippen LogP contribution in [-0.2, 0) is 6.42 Å². The lowest BCUT2D eigenvalue weighted by Crippen LogP contribution is -2.29. The van der Waals surface area contributed by atoms with Crippen molar-refractivity contribution in [2.45, 2.75) is 25.8 Å². The number of carbonyl (C=O) groups is 1. The largest absolute Gasteiger partial charge is 0.497 e. The molecule has 3 aromatic rings. The van der Waals surface area contributed by atoms with Crippen LogP contribution < -0.4 is 19.5 Å². The van der Waals surface area contributed by atoms with Crippen LogP contribution >= 0.6 is 0 Å². The molecule has 1 unspecified atom stereocenters. The minimum absolute atomic E-state index is 0.104. The Balaban J connectivity index is 1.58. The van der Waals surface area contributed by atoms with Gasteiger partial charge in [-0.15, -0.1) is 0 Å². The molecule has 3 aromatic carbocycles. The Hall–Kier alpha value is -3.47. The Bertz CT molecular complexity index is 1050. The summed E-state index contributed by atoms with van der Waals surface area (Å²) < 4.78 is 16.7. The number of rotatable bonds is 7. The van der Waals surface area contributed by atoms with Crippen LogP contribution in [0.2, 0.25) is 0 Å². The van der Waals surface area contributed by atoms with Gasteiger partial charge in [-0.25, -0.2) is 0 Å². The van der Waals surface area contributed by atoms with Gasteiger partial charge in [-0.05, 0) is 66.8 Å². The molecule has 160 valence electrons. The maximum atomic E-state index is 13.1. The first-order valence-corrected chi connectivity index (χ1v) is 10.5. The van der Waals surface area contributed by atoms with E-state index in [9.17, 15) is 4.79 Å². The molecule has 0 spiro atoms. The first-order valence-electron chi connectivity index (χ1n) is 10.5. The van der Waals surface area contributed by atoms with Crippen LogP contribution in [0, 0.1) is 6.92 Å². The fraction of sp³-hybridized carbons (Fsp3) is 0.269. The highest BCUT2D eigenvalue weighted by Gasteiger charge is 2.20. The Morgan fingerprint density at radius 3 is 2.52 bits per heavy atom.